The van der Waals surface area contributed by atoms with Crippen LogP contribution in [0.1, 0.15) is 41.3 Å². The van der Waals surface area contributed by atoms with Gasteiger partial charge in [0.15, 0.2) is 23.3 Å². The summed E-state index contributed by atoms with van der Waals surface area (Å²) >= 11 is 0. The summed E-state index contributed by atoms with van der Waals surface area (Å²) in [6.45, 7) is 5.28. The molecule has 0 heterocycles. The molecule has 0 radical (unpaired) electrons. The lowest BCUT2D eigenvalue weighted by molar-refractivity contribution is 0.0719. The smallest absolute Gasteiger partial charge is 0.349 e. The minimum atomic E-state index is -2.33. The SMILES string of the molecule is Cc1ccc(C(C)C)c(OC(=O)c2c(F)c(F)c(F)c(F)c2F)c1. The minimum absolute atomic E-state index is 0.000980. The number of aryl methyl sites for hydroxylation is 1. The monoisotopic (exact) mass is 344 g/mol. The van der Waals surface area contributed by atoms with Crippen molar-refractivity contribution in [2.45, 2.75) is 26.7 Å². The number of hydrogen-bond acceptors (Lipinski definition) is 2. The van der Waals surface area contributed by atoms with Gasteiger partial charge in [-0.1, -0.05) is 26.0 Å². The highest BCUT2D eigenvalue weighted by Crippen LogP contribution is 2.30. The fourth-order valence-corrected chi connectivity index (χ4v) is 2.14. The van der Waals surface area contributed by atoms with Crippen LogP contribution in [0.3, 0.4) is 0 Å². The standard InChI is InChI=1S/C17H13F5O2/c1-7(2)9-5-4-8(3)6-10(9)24-17(23)11-12(18)14(20)16(22)15(21)13(11)19/h4-7H,1-3H3. The predicted octanol–water partition coefficient (Wildman–Crippen LogP) is 5.03. The van der Waals surface area contributed by atoms with Crippen LogP contribution in [-0.2, 0) is 0 Å². The molecular formula is C17H13F5O2. The third-order valence-electron chi connectivity index (χ3n) is 3.41. The molecule has 0 saturated heterocycles. The molecule has 2 aromatic carbocycles. The summed E-state index contributed by atoms with van der Waals surface area (Å²) < 4.78 is 71.7. The Labute approximate surface area is 134 Å². The first-order chi connectivity index (χ1) is 11.1. The van der Waals surface area contributed by atoms with Gasteiger partial charge in [-0.2, -0.15) is 0 Å². The Kier molecular flexibility index (Phi) is 4.91. The number of halogens is 5. The maximum absolute atomic E-state index is 13.7. The molecule has 0 aliphatic carbocycles. The van der Waals surface area contributed by atoms with E-state index in [0.717, 1.165) is 0 Å². The molecule has 128 valence electrons. The van der Waals surface area contributed by atoms with Crippen molar-refractivity contribution in [3.05, 3.63) is 64.0 Å². The van der Waals surface area contributed by atoms with E-state index in [1.54, 1.807) is 32.9 Å². The van der Waals surface area contributed by atoms with Gasteiger partial charge in [-0.05, 0) is 30.0 Å². The van der Waals surface area contributed by atoms with E-state index in [0.29, 0.717) is 11.1 Å². The molecule has 0 atom stereocenters. The predicted molar refractivity (Wildman–Crippen MR) is 76.5 cm³/mol. The van der Waals surface area contributed by atoms with Crippen LogP contribution in [0.2, 0.25) is 0 Å². The van der Waals surface area contributed by atoms with Crippen molar-refractivity contribution < 1.29 is 31.5 Å². The average molecular weight is 344 g/mol. The molecule has 0 aromatic heterocycles. The van der Waals surface area contributed by atoms with Crippen LogP contribution < -0.4 is 4.74 Å². The van der Waals surface area contributed by atoms with Gasteiger partial charge in [-0.15, -0.1) is 0 Å². The van der Waals surface area contributed by atoms with Crippen molar-refractivity contribution >= 4 is 5.97 Å². The Hall–Kier alpha value is -2.44. The largest absolute Gasteiger partial charge is 0.422 e. The molecule has 0 amide bonds. The van der Waals surface area contributed by atoms with Gasteiger partial charge >= 0.3 is 5.97 Å². The molecule has 0 aliphatic heterocycles. The molecule has 0 aliphatic rings. The quantitative estimate of drug-likeness (QED) is 0.257. The van der Waals surface area contributed by atoms with Gasteiger partial charge in [-0.3, -0.25) is 0 Å². The van der Waals surface area contributed by atoms with Gasteiger partial charge in [0.05, 0.1) is 0 Å². The summed E-state index contributed by atoms with van der Waals surface area (Å²) in [5, 5.41) is 0. The van der Waals surface area contributed by atoms with Crippen molar-refractivity contribution in [2.75, 3.05) is 0 Å². The van der Waals surface area contributed by atoms with Crippen LogP contribution in [0.15, 0.2) is 18.2 Å². The summed E-state index contributed by atoms with van der Waals surface area (Å²) in [7, 11) is 0. The molecule has 2 nitrogen and oxygen atoms in total. The van der Waals surface area contributed by atoms with Gasteiger partial charge in [-0.25, -0.2) is 26.7 Å². The maximum atomic E-state index is 13.7. The lowest BCUT2D eigenvalue weighted by Crippen LogP contribution is -2.18. The minimum Gasteiger partial charge on any atom is -0.422 e. The normalized spacial score (nSPS) is 11.0. The van der Waals surface area contributed by atoms with Crippen LogP contribution in [0.5, 0.6) is 5.75 Å². The van der Waals surface area contributed by atoms with E-state index in [1.807, 2.05) is 0 Å². The highest BCUT2D eigenvalue weighted by Gasteiger charge is 2.31. The summed E-state index contributed by atoms with van der Waals surface area (Å²) in [6, 6.07) is 4.84. The van der Waals surface area contributed by atoms with Gasteiger partial charge < -0.3 is 4.74 Å². The fourth-order valence-electron chi connectivity index (χ4n) is 2.14. The summed E-state index contributed by atoms with van der Waals surface area (Å²) in [6.07, 6.45) is 0. The zero-order valence-electron chi connectivity index (χ0n) is 13.0. The molecule has 0 saturated carbocycles. The second-order valence-corrected chi connectivity index (χ2v) is 5.53. The molecule has 24 heavy (non-hydrogen) atoms. The number of carbonyl (C=O) groups is 1. The van der Waals surface area contributed by atoms with Crippen LogP contribution in [0.4, 0.5) is 22.0 Å². The highest BCUT2D eigenvalue weighted by atomic mass is 19.2. The van der Waals surface area contributed by atoms with Gasteiger partial charge in [0.25, 0.3) is 0 Å². The van der Waals surface area contributed by atoms with Crippen LogP contribution in [0.25, 0.3) is 0 Å². The summed E-state index contributed by atoms with van der Waals surface area (Å²) in [5.74, 6) is -12.9. The van der Waals surface area contributed by atoms with E-state index in [9.17, 15) is 26.7 Å². The molecule has 2 aromatic rings. The van der Waals surface area contributed by atoms with Crippen molar-refractivity contribution in [1.29, 1.82) is 0 Å². The molecule has 0 bridgehead atoms. The van der Waals surface area contributed by atoms with E-state index >= 15 is 0 Å². The number of carbonyl (C=O) groups excluding carboxylic acids is 1. The molecule has 0 N–H and O–H groups in total. The van der Waals surface area contributed by atoms with Gasteiger partial charge in [0.2, 0.25) is 5.82 Å². The van der Waals surface area contributed by atoms with E-state index in [2.05, 4.69) is 0 Å². The number of esters is 1. The lowest BCUT2D eigenvalue weighted by Gasteiger charge is -2.14. The molecule has 7 heteroatoms. The zero-order chi connectivity index (χ0) is 18.2. The second-order valence-electron chi connectivity index (χ2n) is 5.53. The third kappa shape index (κ3) is 3.11. The Morgan fingerprint density at radius 2 is 1.42 bits per heavy atom. The number of benzene rings is 2. The van der Waals surface area contributed by atoms with Crippen LogP contribution in [-0.4, -0.2) is 5.97 Å². The summed E-state index contributed by atoms with van der Waals surface area (Å²) in [5.41, 5.74) is -0.375. The van der Waals surface area contributed by atoms with Crippen molar-refractivity contribution in [2.24, 2.45) is 0 Å². The van der Waals surface area contributed by atoms with Crippen LogP contribution >= 0.6 is 0 Å². The van der Waals surface area contributed by atoms with Crippen LogP contribution in [0, 0.1) is 36.0 Å². The van der Waals surface area contributed by atoms with E-state index < -0.39 is 40.6 Å². The number of hydrogen-bond donors (Lipinski definition) is 0. The highest BCUT2D eigenvalue weighted by molar-refractivity contribution is 5.92. The van der Waals surface area contributed by atoms with E-state index in [1.165, 1.54) is 6.07 Å². The van der Waals surface area contributed by atoms with Crippen molar-refractivity contribution in [3.8, 4) is 5.75 Å². The Morgan fingerprint density at radius 3 is 1.92 bits per heavy atom. The second kappa shape index (κ2) is 6.59. The molecular weight excluding hydrogens is 331 g/mol. The molecule has 2 rings (SSSR count). The topological polar surface area (TPSA) is 26.3 Å². The third-order valence-corrected chi connectivity index (χ3v) is 3.41. The van der Waals surface area contributed by atoms with Crippen molar-refractivity contribution in [3.63, 3.8) is 0 Å². The molecule has 0 fully saturated rings. The van der Waals surface area contributed by atoms with E-state index in [-0.39, 0.29) is 11.7 Å². The molecule has 0 unspecified atom stereocenters. The molecule has 0 spiro atoms. The number of ether oxygens (including phenoxy) is 1. The Bertz CT molecular complexity index is 786. The average Bonchev–Trinajstić information content (AvgIpc) is 2.51. The Morgan fingerprint density at radius 1 is 0.917 bits per heavy atom. The lowest BCUT2D eigenvalue weighted by atomic mass is 10.0. The van der Waals surface area contributed by atoms with Gasteiger partial charge in [0.1, 0.15) is 11.3 Å². The Balaban J connectivity index is 2.51. The first-order valence-electron chi connectivity index (χ1n) is 6.99. The number of rotatable bonds is 3. The maximum Gasteiger partial charge on any atom is 0.349 e. The first kappa shape index (κ1) is 17.9. The van der Waals surface area contributed by atoms with Crippen molar-refractivity contribution in [1.82, 2.24) is 0 Å². The van der Waals surface area contributed by atoms with Gasteiger partial charge in [0, 0.05) is 0 Å². The fraction of sp³-hybridized carbons (Fsp3) is 0.235. The zero-order valence-corrected chi connectivity index (χ0v) is 13.0. The summed E-state index contributed by atoms with van der Waals surface area (Å²) in [4.78, 5) is 12.0. The first-order valence-corrected chi connectivity index (χ1v) is 6.99. The van der Waals surface area contributed by atoms with E-state index in [4.69, 9.17) is 4.74 Å².